The number of carbonyl (C=O) groups is 1. The molecular weight excluding hydrogens is 254 g/mol. The summed E-state index contributed by atoms with van der Waals surface area (Å²) < 4.78 is 1.81. The monoisotopic (exact) mass is 273 g/mol. The Hall–Kier alpha value is -2.14. The number of carboxylic acids is 1. The highest BCUT2D eigenvalue weighted by atomic mass is 16.4. The van der Waals surface area contributed by atoms with Gasteiger partial charge in [0.05, 0.1) is 11.6 Å². The number of aromatic nitrogens is 2. The second kappa shape index (κ2) is 6.34. The highest BCUT2D eigenvalue weighted by Crippen LogP contribution is 2.11. The molecule has 1 aromatic heterocycles. The molecule has 106 valence electrons. The molecule has 1 N–H and O–H groups in total. The van der Waals surface area contributed by atoms with E-state index in [1.165, 1.54) is 0 Å². The molecule has 20 heavy (non-hydrogen) atoms. The van der Waals surface area contributed by atoms with E-state index >= 15 is 0 Å². The molecule has 1 unspecified atom stereocenters. The third kappa shape index (κ3) is 3.68. The van der Waals surface area contributed by atoms with Crippen LogP contribution in [0.15, 0.2) is 42.7 Å². The maximum absolute atomic E-state index is 10.8. The van der Waals surface area contributed by atoms with E-state index < -0.39 is 5.97 Å². The van der Waals surface area contributed by atoms with Crippen LogP contribution < -0.4 is 0 Å². The Labute approximate surface area is 118 Å². The molecule has 0 saturated heterocycles. The van der Waals surface area contributed by atoms with Gasteiger partial charge in [-0.25, -0.2) is 4.68 Å². The Morgan fingerprint density at radius 3 is 2.65 bits per heavy atom. The summed E-state index contributed by atoms with van der Waals surface area (Å²) in [5.74, 6) is -1.12. The van der Waals surface area contributed by atoms with Crippen LogP contribution in [0.3, 0.4) is 0 Å². The van der Waals surface area contributed by atoms with E-state index in [2.05, 4.69) is 5.10 Å². The van der Waals surface area contributed by atoms with Crippen molar-refractivity contribution in [2.45, 2.75) is 13.5 Å². The minimum atomic E-state index is -0.758. The van der Waals surface area contributed by atoms with Crippen LogP contribution >= 0.6 is 0 Å². The second-order valence-corrected chi connectivity index (χ2v) is 5.05. The molecular formula is C15H19N3O2. The van der Waals surface area contributed by atoms with Crippen LogP contribution in [0, 0.1) is 5.92 Å². The number of hydrogen-bond donors (Lipinski definition) is 1. The standard InChI is InChI=1S/C15H19N3O2/c1-12(15(19)20)10-17(2)11-13-4-6-14(7-5-13)18-9-3-8-16-18/h3-9,12H,10-11H2,1-2H3,(H,19,20). The van der Waals surface area contributed by atoms with Gasteiger partial charge in [0.2, 0.25) is 0 Å². The van der Waals surface area contributed by atoms with Crippen molar-refractivity contribution < 1.29 is 9.90 Å². The highest BCUT2D eigenvalue weighted by Gasteiger charge is 2.13. The Morgan fingerprint density at radius 2 is 2.10 bits per heavy atom. The third-order valence-corrected chi connectivity index (χ3v) is 3.16. The SMILES string of the molecule is CC(CN(C)Cc1ccc(-n2cccn2)cc1)C(=O)O. The smallest absolute Gasteiger partial charge is 0.307 e. The van der Waals surface area contributed by atoms with Crippen LogP contribution in [-0.2, 0) is 11.3 Å². The van der Waals surface area contributed by atoms with Crippen molar-refractivity contribution in [1.82, 2.24) is 14.7 Å². The first kappa shape index (κ1) is 14.3. The summed E-state index contributed by atoms with van der Waals surface area (Å²) in [6, 6.07) is 9.99. The van der Waals surface area contributed by atoms with Crippen molar-refractivity contribution in [3.63, 3.8) is 0 Å². The highest BCUT2D eigenvalue weighted by molar-refractivity contribution is 5.69. The molecule has 5 nitrogen and oxygen atoms in total. The third-order valence-electron chi connectivity index (χ3n) is 3.16. The zero-order valence-electron chi connectivity index (χ0n) is 11.7. The van der Waals surface area contributed by atoms with E-state index in [0.29, 0.717) is 6.54 Å². The van der Waals surface area contributed by atoms with Gasteiger partial charge in [0, 0.05) is 25.5 Å². The van der Waals surface area contributed by atoms with Crippen molar-refractivity contribution in [1.29, 1.82) is 0 Å². The molecule has 0 aliphatic carbocycles. The molecule has 0 saturated carbocycles. The minimum absolute atomic E-state index is 0.358. The van der Waals surface area contributed by atoms with Gasteiger partial charge in [0.1, 0.15) is 0 Å². The number of hydrogen-bond acceptors (Lipinski definition) is 3. The summed E-state index contributed by atoms with van der Waals surface area (Å²) in [7, 11) is 1.93. The van der Waals surface area contributed by atoms with E-state index in [1.807, 2.05) is 48.5 Å². The lowest BCUT2D eigenvalue weighted by molar-refractivity contribution is -0.141. The maximum Gasteiger partial charge on any atom is 0.307 e. The molecule has 0 aliphatic heterocycles. The van der Waals surface area contributed by atoms with E-state index in [4.69, 9.17) is 5.11 Å². The van der Waals surface area contributed by atoms with Gasteiger partial charge in [-0.1, -0.05) is 19.1 Å². The summed E-state index contributed by atoms with van der Waals surface area (Å²) in [5, 5.41) is 13.1. The lowest BCUT2D eigenvalue weighted by Gasteiger charge is -2.19. The topological polar surface area (TPSA) is 58.4 Å². The molecule has 0 bridgehead atoms. The fourth-order valence-electron chi connectivity index (χ4n) is 2.10. The lowest BCUT2D eigenvalue weighted by atomic mass is 10.1. The van der Waals surface area contributed by atoms with Crippen molar-refractivity contribution in [2.24, 2.45) is 5.92 Å². The van der Waals surface area contributed by atoms with Gasteiger partial charge in [0.25, 0.3) is 0 Å². The van der Waals surface area contributed by atoms with E-state index in [1.54, 1.807) is 17.8 Å². The Morgan fingerprint density at radius 1 is 1.40 bits per heavy atom. The molecule has 1 aromatic carbocycles. The fraction of sp³-hybridized carbons (Fsp3) is 0.333. The first-order valence-electron chi connectivity index (χ1n) is 6.56. The van der Waals surface area contributed by atoms with Crippen LogP contribution in [-0.4, -0.2) is 39.3 Å². The number of nitrogens with zero attached hydrogens (tertiary/aromatic N) is 3. The molecule has 0 amide bonds. The van der Waals surface area contributed by atoms with Gasteiger partial charge in [-0.2, -0.15) is 5.10 Å². The summed E-state index contributed by atoms with van der Waals surface area (Å²) in [6.07, 6.45) is 3.64. The molecule has 0 spiro atoms. The second-order valence-electron chi connectivity index (χ2n) is 5.05. The van der Waals surface area contributed by atoms with Gasteiger partial charge in [-0.3, -0.25) is 4.79 Å². The quantitative estimate of drug-likeness (QED) is 0.875. The number of rotatable bonds is 6. The lowest BCUT2D eigenvalue weighted by Crippen LogP contribution is -2.28. The van der Waals surface area contributed by atoms with Crippen LogP contribution in [0.1, 0.15) is 12.5 Å². The average Bonchev–Trinajstić information content (AvgIpc) is 2.93. The maximum atomic E-state index is 10.8. The van der Waals surface area contributed by atoms with E-state index in [0.717, 1.165) is 17.8 Å². The molecule has 0 aliphatic rings. The summed E-state index contributed by atoms with van der Waals surface area (Å²) in [4.78, 5) is 12.8. The number of carboxylic acid groups (broad SMARTS) is 1. The first-order valence-corrected chi connectivity index (χ1v) is 6.56. The van der Waals surface area contributed by atoms with Gasteiger partial charge in [0.15, 0.2) is 0 Å². The molecule has 0 radical (unpaired) electrons. The Bertz CT molecular complexity index is 549. The fourth-order valence-corrected chi connectivity index (χ4v) is 2.10. The minimum Gasteiger partial charge on any atom is -0.481 e. The van der Waals surface area contributed by atoms with E-state index in [-0.39, 0.29) is 5.92 Å². The zero-order chi connectivity index (χ0) is 14.5. The van der Waals surface area contributed by atoms with Gasteiger partial charge in [-0.05, 0) is 30.8 Å². The molecule has 2 aromatic rings. The Kier molecular flexibility index (Phi) is 4.53. The van der Waals surface area contributed by atoms with Crippen molar-refractivity contribution in [3.05, 3.63) is 48.3 Å². The normalized spacial score (nSPS) is 12.6. The van der Waals surface area contributed by atoms with E-state index in [9.17, 15) is 4.79 Å². The first-order chi connectivity index (χ1) is 9.56. The predicted molar refractivity (Wildman–Crippen MR) is 76.7 cm³/mol. The van der Waals surface area contributed by atoms with Gasteiger partial charge in [-0.15, -0.1) is 0 Å². The summed E-state index contributed by atoms with van der Waals surface area (Å²) in [5.41, 5.74) is 2.17. The average molecular weight is 273 g/mol. The van der Waals surface area contributed by atoms with Crippen molar-refractivity contribution in [2.75, 3.05) is 13.6 Å². The van der Waals surface area contributed by atoms with Gasteiger partial charge < -0.3 is 10.0 Å². The van der Waals surface area contributed by atoms with Crippen LogP contribution in [0.5, 0.6) is 0 Å². The molecule has 5 heteroatoms. The summed E-state index contributed by atoms with van der Waals surface area (Å²) >= 11 is 0. The van der Waals surface area contributed by atoms with Gasteiger partial charge >= 0.3 is 5.97 Å². The zero-order valence-corrected chi connectivity index (χ0v) is 11.7. The molecule has 1 atom stereocenters. The van der Waals surface area contributed by atoms with Crippen LogP contribution in [0.25, 0.3) is 5.69 Å². The largest absolute Gasteiger partial charge is 0.481 e. The summed E-state index contributed by atoms with van der Waals surface area (Å²) in [6.45, 7) is 2.99. The number of benzene rings is 1. The number of aliphatic carboxylic acids is 1. The van der Waals surface area contributed by atoms with Crippen molar-refractivity contribution in [3.8, 4) is 5.69 Å². The molecule has 2 rings (SSSR count). The predicted octanol–water partition coefficient (Wildman–Crippen LogP) is 2.02. The van der Waals surface area contributed by atoms with Crippen LogP contribution in [0.2, 0.25) is 0 Å². The Balaban J connectivity index is 1.95. The van der Waals surface area contributed by atoms with Crippen LogP contribution in [0.4, 0.5) is 0 Å². The molecule has 1 heterocycles. The van der Waals surface area contributed by atoms with Crippen molar-refractivity contribution >= 4 is 5.97 Å². The molecule has 0 fully saturated rings.